The van der Waals surface area contributed by atoms with Crippen LogP contribution in [0.1, 0.15) is 60.7 Å². The summed E-state index contributed by atoms with van der Waals surface area (Å²) in [6.07, 6.45) is -2.50. The highest BCUT2D eigenvalue weighted by atomic mass is 19.4. The molecule has 1 atom stereocenters. The number of carbonyl (C=O) groups is 1. The van der Waals surface area contributed by atoms with Crippen molar-refractivity contribution in [1.82, 2.24) is 10.2 Å². The normalized spacial score (nSPS) is 21.9. The molecular weight excluding hydrogens is 353 g/mol. The molecule has 0 bridgehead atoms. The SMILES string of the molecule is Cc1[nH]nc2c1C(c1ccc(C(F)(F)F)cc1)C1=C(C2)CC(C)(C)CC1=O. The summed E-state index contributed by atoms with van der Waals surface area (Å²) in [5.41, 5.74) is 4.42. The maximum absolute atomic E-state index is 13.0. The molecule has 0 saturated carbocycles. The molecule has 2 aliphatic carbocycles. The van der Waals surface area contributed by atoms with Gasteiger partial charge in [0.05, 0.1) is 11.3 Å². The third kappa shape index (κ3) is 3.01. The van der Waals surface area contributed by atoms with Crippen molar-refractivity contribution in [2.45, 2.75) is 52.1 Å². The number of ketones is 1. The molecule has 3 nitrogen and oxygen atoms in total. The molecule has 27 heavy (non-hydrogen) atoms. The maximum atomic E-state index is 13.0. The lowest BCUT2D eigenvalue weighted by Crippen LogP contribution is -2.32. The van der Waals surface area contributed by atoms with E-state index in [0.29, 0.717) is 18.4 Å². The van der Waals surface area contributed by atoms with Crippen LogP contribution >= 0.6 is 0 Å². The maximum Gasteiger partial charge on any atom is 0.416 e. The summed E-state index contributed by atoms with van der Waals surface area (Å²) >= 11 is 0. The number of aromatic nitrogens is 2. The molecule has 1 aromatic heterocycles. The lowest BCUT2D eigenvalue weighted by molar-refractivity contribution is -0.137. The van der Waals surface area contributed by atoms with Crippen LogP contribution in [0.4, 0.5) is 13.2 Å². The number of Topliss-reactive ketones (excluding diaryl/α,β-unsaturated/α-hetero) is 1. The highest BCUT2D eigenvalue weighted by Gasteiger charge is 2.42. The van der Waals surface area contributed by atoms with Crippen molar-refractivity contribution in [2.24, 2.45) is 5.41 Å². The number of allylic oxidation sites excluding steroid dienone is 2. The van der Waals surface area contributed by atoms with E-state index in [2.05, 4.69) is 24.0 Å². The zero-order valence-electron chi connectivity index (χ0n) is 15.5. The smallest absolute Gasteiger partial charge is 0.294 e. The first kappa shape index (κ1) is 18.0. The van der Waals surface area contributed by atoms with Crippen molar-refractivity contribution < 1.29 is 18.0 Å². The van der Waals surface area contributed by atoms with E-state index < -0.39 is 11.7 Å². The first-order chi connectivity index (χ1) is 12.6. The Morgan fingerprint density at radius 3 is 2.44 bits per heavy atom. The van der Waals surface area contributed by atoms with E-state index in [-0.39, 0.29) is 17.1 Å². The van der Waals surface area contributed by atoms with E-state index in [0.717, 1.165) is 46.7 Å². The van der Waals surface area contributed by atoms with Crippen LogP contribution in [-0.4, -0.2) is 16.0 Å². The van der Waals surface area contributed by atoms with E-state index in [9.17, 15) is 18.0 Å². The molecule has 4 rings (SSSR count). The Kier molecular flexibility index (Phi) is 3.88. The van der Waals surface area contributed by atoms with Crippen molar-refractivity contribution in [3.63, 3.8) is 0 Å². The molecule has 0 aliphatic heterocycles. The molecule has 6 heteroatoms. The molecule has 1 N–H and O–H groups in total. The van der Waals surface area contributed by atoms with Crippen molar-refractivity contribution in [3.05, 3.63) is 63.5 Å². The van der Waals surface area contributed by atoms with Crippen LogP contribution in [0.2, 0.25) is 0 Å². The second kappa shape index (κ2) is 5.81. The number of carbonyl (C=O) groups excluding carboxylic acids is 1. The van der Waals surface area contributed by atoms with Crippen LogP contribution in [0.15, 0.2) is 35.4 Å². The van der Waals surface area contributed by atoms with Gasteiger partial charge >= 0.3 is 6.18 Å². The summed E-state index contributed by atoms with van der Waals surface area (Å²) in [5.74, 6) is -0.259. The van der Waals surface area contributed by atoms with Gasteiger partial charge in [-0.2, -0.15) is 18.3 Å². The van der Waals surface area contributed by atoms with Gasteiger partial charge in [-0.25, -0.2) is 0 Å². The summed E-state index contributed by atoms with van der Waals surface area (Å²) < 4.78 is 38.9. The van der Waals surface area contributed by atoms with Crippen LogP contribution in [0.5, 0.6) is 0 Å². The Morgan fingerprint density at radius 1 is 1.15 bits per heavy atom. The number of fused-ring (bicyclic) bond motifs is 1. The molecule has 0 amide bonds. The number of hydrogen-bond donors (Lipinski definition) is 1. The van der Waals surface area contributed by atoms with Crippen molar-refractivity contribution in [2.75, 3.05) is 0 Å². The Balaban J connectivity index is 1.87. The predicted molar refractivity (Wildman–Crippen MR) is 95.4 cm³/mol. The van der Waals surface area contributed by atoms with Gasteiger partial charge in [-0.05, 0) is 36.5 Å². The fourth-order valence-corrected chi connectivity index (χ4v) is 4.54. The number of benzene rings is 1. The number of nitrogens with zero attached hydrogens (tertiary/aromatic N) is 1. The highest BCUT2D eigenvalue weighted by Crippen LogP contribution is 2.49. The van der Waals surface area contributed by atoms with Gasteiger partial charge in [0.1, 0.15) is 0 Å². The quantitative estimate of drug-likeness (QED) is 0.754. The third-order valence-corrected chi connectivity index (χ3v) is 5.62. The van der Waals surface area contributed by atoms with E-state index in [1.807, 2.05) is 6.92 Å². The minimum atomic E-state index is -4.38. The standard InChI is InChI=1S/C21H21F3N2O/c1-11-17-15(26-25-11)8-13-9-20(2,3)10-16(27)18(13)19(17)12-4-6-14(7-5-12)21(22,23)24/h4-7,19H,8-10H2,1-3H3,(H,25,26). The summed E-state index contributed by atoms with van der Waals surface area (Å²) in [4.78, 5) is 13.0. The molecule has 2 aliphatic rings. The van der Waals surface area contributed by atoms with E-state index in [1.54, 1.807) is 0 Å². The fraction of sp³-hybridized carbons (Fsp3) is 0.429. The van der Waals surface area contributed by atoms with Gasteiger partial charge in [0.15, 0.2) is 5.78 Å². The highest BCUT2D eigenvalue weighted by molar-refractivity contribution is 6.00. The second-order valence-corrected chi connectivity index (χ2v) is 8.40. The molecular formula is C21H21F3N2O. The van der Waals surface area contributed by atoms with Gasteiger partial charge in [0.2, 0.25) is 0 Å². The molecule has 0 radical (unpaired) electrons. The van der Waals surface area contributed by atoms with E-state index in [4.69, 9.17) is 0 Å². The lowest BCUT2D eigenvalue weighted by atomic mass is 9.65. The number of halogens is 3. The van der Waals surface area contributed by atoms with Crippen molar-refractivity contribution >= 4 is 5.78 Å². The zero-order chi connectivity index (χ0) is 19.6. The average molecular weight is 374 g/mol. The van der Waals surface area contributed by atoms with Crippen LogP contribution in [0.3, 0.4) is 0 Å². The minimum absolute atomic E-state index is 0.0948. The zero-order valence-corrected chi connectivity index (χ0v) is 15.5. The third-order valence-electron chi connectivity index (χ3n) is 5.62. The molecule has 0 fully saturated rings. The van der Waals surface area contributed by atoms with Gasteiger partial charge in [0.25, 0.3) is 0 Å². The Labute approximate surface area is 155 Å². The number of aromatic amines is 1. The monoisotopic (exact) mass is 374 g/mol. The average Bonchev–Trinajstić information content (AvgIpc) is 2.92. The number of nitrogens with one attached hydrogen (secondary N) is 1. The summed E-state index contributed by atoms with van der Waals surface area (Å²) in [7, 11) is 0. The minimum Gasteiger partial charge on any atom is -0.294 e. The predicted octanol–water partition coefficient (Wildman–Crippen LogP) is 5.11. The molecule has 1 heterocycles. The largest absolute Gasteiger partial charge is 0.416 e. The van der Waals surface area contributed by atoms with Crippen molar-refractivity contribution in [1.29, 1.82) is 0 Å². The number of hydrogen-bond acceptors (Lipinski definition) is 2. The number of H-pyrrole nitrogens is 1. The summed E-state index contributed by atoms with van der Waals surface area (Å²) in [5, 5.41) is 7.39. The molecule has 2 aromatic rings. The Morgan fingerprint density at radius 2 is 1.81 bits per heavy atom. The number of rotatable bonds is 1. The van der Waals surface area contributed by atoms with Gasteiger partial charge in [-0.15, -0.1) is 0 Å². The first-order valence-electron chi connectivity index (χ1n) is 9.03. The first-order valence-corrected chi connectivity index (χ1v) is 9.03. The molecule has 142 valence electrons. The van der Waals surface area contributed by atoms with Crippen LogP contribution < -0.4 is 0 Å². The summed E-state index contributed by atoms with van der Waals surface area (Å²) in [6.45, 7) is 6.05. The molecule has 1 unspecified atom stereocenters. The van der Waals surface area contributed by atoms with Gasteiger partial charge in [0, 0.05) is 35.6 Å². The molecule has 1 aromatic carbocycles. The fourth-order valence-electron chi connectivity index (χ4n) is 4.54. The van der Waals surface area contributed by atoms with Crippen LogP contribution in [-0.2, 0) is 17.4 Å². The van der Waals surface area contributed by atoms with Gasteiger partial charge < -0.3 is 0 Å². The van der Waals surface area contributed by atoms with E-state index >= 15 is 0 Å². The second-order valence-electron chi connectivity index (χ2n) is 8.40. The molecule has 0 saturated heterocycles. The van der Waals surface area contributed by atoms with Crippen molar-refractivity contribution in [3.8, 4) is 0 Å². The van der Waals surface area contributed by atoms with Crippen LogP contribution in [0, 0.1) is 12.3 Å². The lowest BCUT2D eigenvalue weighted by Gasteiger charge is -2.38. The van der Waals surface area contributed by atoms with E-state index in [1.165, 1.54) is 12.1 Å². The van der Waals surface area contributed by atoms with Gasteiger partial charge in [-0.1, -0.05) is 31.6 Å². The topological polar surface area (TPSA) is 45.8 Å². The number of alkyl halides is 3. The Hall–Kier alpha value is -2.37. The van der Waals surface area contributed by atoms with Crippen LogP contribution in [0.25, 0.3) is 0 Å². The van der Waals surface area contributed by atoms with Gasteiger partial charge in [-0.3, -0.25) is 9.89 Å². The Bertz CT molecular complexity index is 949. The number of aryl methyl sites for hydroxylation is 1. The summed E-state index contributed by atoms with van der Waals surface area (Å²) in [6, 6.07) is 5.17. The molecule has 0 spiro atoms.